The number of hydrogen-bond donors (Lipinski definition) is 0. The summed E-state index contributed by atoms with van der Waals surface area (Å²) in [6.45, 7) is 7.36. The van der Waals surface area contributed by atoms with Gasteiger partial charge in [0.2, 0.25) is 5.76 Å². The van der Waals surface area contributed by atoms with Crippen LogP contribution in [0.2, 0.25) is 0 Å². The first-order chi connectivity index (χ1) is 17.5. The quantitative estimate of drug-likeness (QED) is 0.291. The largest absolute Gasteiger partial charge is 0.494 e. The van der Waals surface area contributed by atoms with Gasteiger partial charge in [0, 0.05) is 5.69 Å². The molecule has 0 aliphatic carbocycles. The van der Waals surface area contributed by atoms with E-state index in [4.69, 9.17) is 13.9 Å². The standard InChI is InChI=1S/C30H29NO5/c1-4-34-22-14-12-21(13-15-22)31-27(20-8-7-9-23(18-20)35-17-16-19(2)3)26-28(32)24-10-5-6-11-25(24)36-29(26)30(31)33/h5-15,18-19,27H,4,16-17H2,1-3H3. The molecule has 1 atom stereocenters. The van der Waals surface area contributed by atoms with E-state index >= 15 is 0 Å². The van der Waals surface area contributed by atoms with E-state index in [1.54, 1.807) is 29.2 Å². The predicted molar refractivity (Wildman–Crippen MR) is 140 cm³/mol. The molecule has 36 heavy (non-hydrogen) atoms. The molecule has 0 bridgehead atoms. The number of para-hydroxylation sites is 1. The Labute approximate surface area is 210 Å². The second-order valence-corrected chi connectivity index (χ2v) is 9.28. The Kier molecular flexibility index (Phi) is 6.51. The molecule has 1 aliphatic rings. The number of anilines is 1. The predicted octanol–water partition coefficient (Wildman–Crippen LogP) is 6.37. The maximum atomic E-state index is 13.8. The molecule has 0 saturated carbocycles. The van der Waals surface area contributed by atoms with Crippen molar-refractivity contribution in [3.05, 3.63) is 99.9 Å². The molecule has 0 spiro atoms. The van der Waals surface area contributed by atoms with Crippen molar-refractivity contribution in [2.24, 2.45) is 5.92 Å². The number of benzene rings is 3. The van der Waals surface area contributed by atoms with Crippen molar-refractivity contribution in [1.82, 2.24) is 0 Å². The van der Waals surface area contributed by atoms with E-state index < -0.39 is 6.04 Å². The number of rotatable bonds is 8. The van der Waals surface area contributed by atoms with Gasteiger partial charge in [-0.2, -0.15) is 0 Å². The third kappa shape index (κ3) is 4.35. The van der Waals surface area contributed by atoms with Crippen LogP contribution in [-0.4, -0.2) is 19.1 Å². The van der Waals surface area contributed by atoms with Crippen LogP contribution in [0.3, 0.4) is 0 Å². The maximum Gasteiger partial charge on any atom is 0.295 e. The lowest BCUT2D eigenvalue weighted by molar-refractivity contribution is 0.0971. The van der Waals surface area contributed by atoms with Crippen LogP contribution in [0, 0.1) is 5.92 Å². The fourth-order valence-corrected chi connectivity index (χ4v) is 4.56. The first-order valence-electron chi connectivity index (χ1n) is 12.3. The molecule has 6 heteroatoms. The van der Waals surface area contributed by atoms with Crippen LogP contribution in [0.1, 0.15) is 54.9 Å². The second-order valence-electron chi connectivity index (χ2n) is 9.28. The maximum absolute atomic E-state index is 13.8. The van der Waals surface area contributed by atoms with Crippen molar-refractivity contribution in [3.63, 3.8) is 0 Å². The topological polar surface area (TPSA) is 69.0 Å². The van der Waals surface area contributed by atoms with Crippen molar-refractivity contribution in [3.8, 4) is 11.5 Å². The van der Waals surface area contributed by atoms with Crippen LogP contribution < -0.4 is 19.8 Å². The van der Waals surface area contributed by atoms with Crippen molar-refractivity contribution in [2.45, 2.75) is 33.2 Å². The molecule has 4 aromatic rings. The summed E-state index contributed by atoms with van der Waals surface area (Å²) in [6, 6.07) is 21.3. The van der Waals surface area contributed by atoms with Crippen LogP contribution in [-0.2, 0) is 0 Å². The van der Waals surface area contributed by atoms with E-state index in [2.05, 4.69) is 13.8 Å². The van der Waals surface area contributed by atoms with Crippen LogP contribution in [0.5, 0.6) is 11.5 Å². The first-order valence-corrected chi connectivity index (χ1v) is 12.3. The highest BCUT2D eigenvalue weighted by atomic mass is 16.5. The summed E-state index contributed by atoms with van der Waals surface area (Å²) < 4.78 is 17.6. The third-order valence-electron chi connectivity index (χ3n) is 6.34. The van der Waals surface area contributed by atoms with Crippen molar-refractivity contribution >= 4 is 22.6 Å². The van der Waals surface area contributed by atoms with Crippen LogP contribution in [0.4, 0.5) is 5.69 Å². The van der Waals surface area contributed by atoms with Gasteiger partial charge in [-0.25, -0.2) is 0 Å². The Morgan fingerprint density at radius 1 is 0.917 bits per heavy atom. The SMILES string of the molecule is CCOc1ccc(N2C(=O)c3oc4ccccc4c(=O)c3C2c2cccc(OCCC(C)C)c2)cc1. The Morgan fingerprint density at radius 2 is 1.69 bits per heavy atom. The molecular formula is C30H29NO5. The zero-order valence-corrected chi connectivity index (χ0v) is 20.7. The van der Waals surface area contributed by atoms with E-state index in [1.165, 1.54) is 0 Å². The molecular weight excluding hydrogens is 454 g/mol. The molecule has 6 nitrogen and oxygen atoms in total. The first kappa shape index (κ1) is 23.7. The number of carbonyl (C=O) groups excluding carboxylic acids is 1. The summed E-state index contributed by atoms with van der Waals surface area (Å²) in [6.07, 6.45) is 0.933. The summed E-state index contributed by atoms with van der Waals surface area (Å²) in [4.78, 5) is 29.1. The Balaban J connectivity index is 1.64. The van der Waals surface area contributed by atoms with Gasteiger partial charge in [-0.05, 0) is 73.4 Å². The molecule has 1 aliphatic heterocycles. The van der Waals surface area contributed by atoms with Gasteiger partial charge in [0.25, 0.3) is 5.91 Å². The molecule has 1 aromatic heterocycles. The fraction of sp³-hybridized carbons (Fsp3) is 0.267. The Bertz CT molecular complexity index is 1450. The lowest BCUT2D eigenvalue weighted by Crippen LogP contribution is -2.29. The molecule has 0 N–H and O–H groups in total. The molecule has 0 saturated heterocycles. The Morgan fingerprint density at radius 3 is 2.44 bits per heavy atom. The van der Waals surface area contributed by atoms with E-state index in [0.29, 0.717) is 52.9 Å². The van der Waals surface area contributed by atoms with Gasteiger partial charge in [-0.3, -0.25) is 14.5 Å². The zero-order chi connectivity index (χ0) is 25.2. The molecule has 0 fully saturated rings. The molecule has 1 amide bonds. The molecule has 5 rings (SSSR count). The minimum Gasteiger partial charge on any atom is -0.494 e. The molecule has 184 valence electrons. The van der Waals surface area contributed by atoms with E-state index in [1.807, 2.05) is 55.5 Å². The lowest BCUT2D eigenvalue weighted by Gasteiger charge is -2.25. The highest BCUT2D eigenvalue weighted by Gasteiger charge is 2.43. The van der Waals surface area contributed by atoms with Gasteiger partial charge in [0.15, 0.2) is 5.43 Å². The number of fused-ring (bicyclic) bond motifs is 2. The molecule has 2 heterocycles. The van der Waals surface area contributed by atoms with Gasteiger partial charge >= 0.3 is 0 Å². The number of ether oxygens (including phenoxy) is 2. The van der Waals surface area contributed by atoms with E-state index in [9.17, 15) is 9.59 Å². The molecule has 1 unspecified atom stereocenters. The van der Waals surface area contributed by atoms with Gasteiger partial charge in [0.05, 0.1) is 30.2 Å². The summed E-state index contributed by atoms with van der Waals surface area (Å²) in [5.74, 6) is 1.66. The monoisotopic (exact) mass is 483 g/mol. The number of hydrogen-bond acceptors (Lipinski definition) is 5. The van der Waals surface area contributed by atoms with Crippen LogP contribution >= 0.6 is 0 Å². The number of amides is 1. The highest BCUT2D eigenvalue weighted by Crippen LogP contribution is 2.42. The number of nitrogens with zero attached hydrogens (tertiary/aromatic N) is 1. The fourth-order valence-electron chi connectivity index (χ4n) is 4.56. The number of carbonyl (C=O) groups is 1. The van der Waals surface area contributed by atoms with E-state index in [0.717, 1.165) is 12.0 Å². The normalized spacial score (nSPS) is 14.9. The summed E-state index contributed by atoms with van der Waals surface area (Å²) in [7, 11) is 0. The summed E-state index contributed by atoms with van der Waals surface area (Å²) in [5.41, 5.74) is 1.96. The van der Waals surface area contributed by atoms with Crippen molar-refractivity contribution in [2.75, 3.05) is 18.1 Å². The van der Waals surface area contributed by atoms with Crippen LogP contribution in [0.15, 0.2) is 82.0 Å². The van der Waals surface area contributed by atoms with Gasteiger partial charge in [-0.15, -0.1) is 0 Å². The van der Waals surface area contributed by atoms with Crippen molar-refractivity contribution < 1.29 is 18.7 Å². The highest BCUT2D eigenvalue weighted by molar-refractivity contribution is 6.10. The zero-order valence-electron chi connectivity index (χ0n) is 20.7. The lowest BCUT2D eigenvalue weighted by atomic mass is 9.98. The van der Waals surface area contributed by atoms with Gasteiger partial charge in [0.1, 0.15) is 17.1 Å². The van der Waals surface area contributed by atoms with Gasteiger partial charge < -0.3 is 13.9 Å². The minimum absolute atomic E-state index is 0.0729. The molecule has 3 aromatic carbocycles. The van der Waals surface area contributed by atoms with E-state index in [-0.39, 0.29) is 17.1 Å². The molecule has 0 radical (unpaired) electrons. The minimum atomic E-state index is -0.653. The van der Waals surface area contributed by atoms with Crippen molar-refractivity contribution in [1.29, 1.82) is 0 Å². The smallest absolute Gasteiger partial charge is 0.295 e. The Hall–Kier alpha value is -4.06. The van der Waals surface area contributed by atoms with Gasteiger partial charge in [-0.1, -0.05) is 38.1 Å². The average Bonchev–Trinajstić information content (AvgIpc) is 3.17. The average molecular weight is 484 g/mol. The summed E-state index contributed by atoms with van der Waals surface area (Å²) in [5, 5.41) is 0.451. The second kappa shape index (κ2) is 9.90. The van der Waals surface area contributed by atoms with Crippen LogP contribution in [0.25, 0.3) is 11.0 Å². The summed E-state index contributed by atoms with van der Waals surface area (Å²) >= 11 is 0. The third-order valence-corrected chi connectivity index (χ3v) is 6.34.